The topological polar surface area (TPSA) is 77.1 Å². The van der Waals surface area contributed by atoms with Crippen LogP contribution in [0.3, 0.4) is 0 Å². The molecule has 4 rings (SSSR count). The number of aryl methyl sites for hydroxylation is 1. The summed E-state index contributed by atoms with van der Waals surface area (Å²) in [5, 5.41) is 3.41. The lowest BCUT2D eigenvalue weighted by molar-refractivity contribution is 0.0910. The van der Waals surface area contributed by atoms with E-state index >= 15 is 0 Å². The Morgan fingerprint density at radius 3 is 2.48 bits per heavy atom. The van der Waals surface area contributed by atoms with Gasteiger partial charge in [-0.3, -0.25) is 9.59 Å². The maximum atomic E-state index is 12.7. The van der Waals surface area contributed by atoms with Crippen molar-refractivity contribution >= 4 is 23.1 Å². The van der Waals surface area contributed by atoms with Gasteiger partial charge in [0.1, 0.15) is 0 Å². The molecule has 5 heteroatoms. The quantitative estimate of drug-likeness (QED) is 0.676. The number of fused-ring (bicyclic) bond motifs is 1. The lowest BCUT2D eigenvalue weighted by Gasteiger charge is -2.30. The van der Waals surface area contributed by atoms with Gasteiger partial charge in [-0.25, -0.2) is 0 Å². The van der Waals surface area contributed by atoms with E-state index < -0.39 is 5.91 Å². The molecular weight excluding hydrogens is 362 g/mol. The van der Waals surface area contributed by atoms with Gasteiger partial charge < -0.3 is 15.6 Å². The fraction of sp³-hybridized carbons (Fsp3) is 0.250. The van der Waals surface area contributed by atoms with Crippen LogP contribution in [0.1, 0.15) is 52.4 Å². The van der Waals surface area contributed by atoms with E-state index in [9.17, 15) is 9.59 Å². The van der Waals surface area contributed by atoms with Crippen LogP contribution in [0.15, 0.2) is 54.6 Å². The summed E-state index contributed by atoms with van der Waals surface area (Å²) in [7, 11) is 0. The average Bonchev–Trinajstić information content (AvgIpc) is 2.97. The second-order valence-electron chi connectivity index (χ2n) is 8.51. The fourth-order valence-corrected chi connectivity index (χ4v) is 4.15. The van der Waals surface area contributed by atoms with E-state index in [0.717, 1.165) is 40.4 Å². The van der Waals surface area contributed by atoms with Gasteiger partial charge in [0, 0.05) is 34.6 Å². The van der Waals surface area contributed by atoms with Crippen LogP contribution in [0.25, 0.3) is 5.69 Å². The molecule has 1 aliphatic rings. The Hall–Kier alpha value is -3.34. The highest BCUT2D eigenvalue weighted by atomic mass is 16.1. The maximum absolute atomic E-state index is 12.7. The number of hydrogen-bond donors (Lipinski definition) is 2. The van der Waals surface area contributed by atoms with Gasteiger partial charge in [0.2, 0.25) is 5.91 Å². The molecule has 5 nitrogen and oxygen atoms in total. The molecule has 29 heavy (non-hydrogen) atoms. The van der Waals surface area contributed by atoms with Crippen molar-refractivity contribution in [3.8, 4) is 5.69 Å². The molecule has 0 fully saturated rings. The summed E-state index contributed by atoms with van der Waals surface area (Å²) in [4.78, 5) is 24.5. The van der Waals surface area contributed by atoms with Crippen LogP contribution in [0, 0.1) is 12.3 Å². The fourth-order valence-electron chi connectivity index (χ4n) is 4.15. The van der Waals surface area contributed by atoms with Crippen molar-refractivity contribution in [1.82, 2.24) is 4.57 Å². The number of ketones is 1. The molecule has 0 radical (unpaired) electrons. The van der Waals surface area contributed by atoms with Crippen LogP contribution in [0.2, 0.25) is 0 Å². The molecule has 3 aromatic rings. The molecule has 0 spiro atoms. The zero-order chi connectivity index (χ0) is 20.8. The van der Waals surface area contributed by atoms with Crippen molar-refractivity contribution in [3.05, 3.63) is 77.1 Å². The van der Waals surface area contributed by atoms with Gasteiger partial charge in [0.05, 0.1) is 11.4 Å². The molecule has 1 amide bonds. The van der Waals surface area contributed by atoms with E-state index in [1.807, 2.05) is 49.4 Å². The Morgan fingerprint density at radius 1 is 1.07 bits per heavy atom. The second kappa shape index (κ2) is 6.92. The Balaban J connectivity index is 1.90. The number of aromatic nitrogens is 1. The summed E-state index contributed by atoms with van der Waals surface area (Å²) in [6.07, 6.45) is 1.36. The van der Waals surface area contributed by atoms with Crippen molar-refractivity contribution in [2.24, 2.45) is 11.1 Å². The highest BCUT2D eigenvalue weighted by Crippen LogP contribution is 2.39. The Labute approximate surface area is 170 Å². The monoisotopic (exact) mass is 387 g/mol. The standard InChI is InChI=1S/C24H25N3O2/c1-15-11-18-21(13-24(2,3)14-22(18)28)27(15)20-10-9-16(23(25)29)12-19(20)26-17-7-5-4-6-8-17/h4-12,26H,13-14H2,1-3H3,(H2,25,29). The molecule has 1 heterocycles. The molecule has 0 saturated carbocycles. The van der Waals surface area contributed by atoms with Crippen LogP contribution in [-0.2, 0) is 6.42 Å². The Bertz CT molecular complexity index is 1110. The first-order valence-corrected chi connectivity index (χ1v) is 9.76. The minimum Gasteiger partial charge on any atom is -0.366 e. The molecular formula is C24H25N3O2. The van der Waals surface area contributed by atoms with Crippen molar-refractivity contribution in [2.75, 3.05) is 5.32 Å². The van der Waals surface area contributed by atoms with E-state index in [0.29, 0.717) is 12.0 Å². The van der Waals surface area contributed by atoms with E-state index in [1.165, 1.54) is 0 Å². The van der Waals surface area contributed by atoms with Gasteiger partial charge in [0.25, 0.3) is 0 Å². The van der Waals surface area contributed by atoms with Crippen molar-refractivity contribution in [2.45, 2.75) is 33.6 Å². The normalized spacial score (nSPS) is 15.1. The smallest absolute Gasteiger partial charge is 0.248 e. The third kappa shape index (κ3) is 3.56. The van der Waals surface area contributed by atoms with Crippen LogP contribution in [0.4, 0.5) is 11.4 Å². The summed E-state index contributed by atoms with van der Waals surface area (Å²) < 4.78 is 2.13. The van der Waals surface area contributed by atoms with Crippen molar-refractivity contribution in [3.63, 3.8) is 0 Å². The molecule has 0 unspecified atom stereocenters. The predicted molar refractivity (Wildman–Crippen MR) is 115 cm³/mol. The van der Waals surface area contributed by atoms with Gasteiger partial charge in [-0.15, -0.1) is 0 Å². The minimum absolute atomic E-state index is 0.0905. The van der Waals surface area contributed by atoms with Gasteiger partial charge in [-0.2, -0.15) is 0 Å². The molecule has 0 saturated heterocycles. The van der Waals surface area contributed by atoms with Crippen molar-refractivity contribution in [1.29, 1.82) is 0 Å². The summed E-state index contributed by atoms with van der Waals surface area (Å²) in [5.74, 6) is -0.292. The molecule has 1 aromatic heterocycles. The lowest BCUT2D eigenvalue weighted by atomic mass is 9.76. The molecule has 2 aromatic carbocycles. The Kier molecular flexibility index (Phi) is 4.53. The minimum atomic E-state index is -0.477. The number of rotatable bonds is 4. The molecule has 3 N–H and O–H groups in total. The number of para-hydroxylation sites is 1. The number of nitrogens with zero attached hydrogens (tertiary/aromatic N) is 1. The first-order chi connectivity index (χ1) is 13.7. The summed E-state index contributed by atoms with van der Waals surface area (Å²) >= 11 is 0. The number of hydrogen-bond acceptors (Lipinski definition) is 3. The number of primary amides is 1. The van der Waals surface area contributed by atoms with Crippen LogP contribution < -0.4 is 11.1 Å². The average molecular weight is 387 g/mol. The second-order valence-corrected chi connectivity index (χ2v) is 8.51. The Morgan fingerprint density at radius 2 is 1.79 bits per heavy atom. The number of Topliss-reactive ketones (excluding diaryl/α,β-unsaturated/α-hetero) is 1. The van der Waals surface area contributed by atoms with Gasteiger partial charge in [-0.1, -0.05) is 32.0 Å². The SMILES string of the molecule is Cc1cc2c(n1-c1ccc(C(N)=O)cc1Nc1ccccc1)CC(C)(C)CC2=O. The summed E-state index contributed by atoms with van der Waals surface area (Å²) in [6.45, 7) is 6.26. The lowest BCUT2D eigenvalue weighted by Crippen LogP contribution is -2.28. The van der Waals surface area contributed by atoms with E-state index in [1.54, 1.807) is 12.1 Å². The number of benzene rings is 2. The first-order valence-electron chi connectivity index (χ1n) is 9.76. The number of carbonyl (C=O) groups is 2. The van der Waals surface area contributed by atoms with Crippen LogP contribution in [-0.4, -0.2) is 16.3 Å². The van der Waals surface area contributed by atoms with Gasteiger partial charge >= 0.3 is 0 Å². The predicted octanol–water partition coefficient (Wildman–Crippen LogP) is 4.78. The van der Waals surface area contributed by atoms with E-state index in [-0.39, 0.29) is 11.2 Å². The van der Waals surface area contributed by atoms with E-state index in [4.69, 9.17) is 5.73 Å². The van der Waals surface area contributed by atoms with Crippen LogP contribution in [0.5, 0.6) is 0 Å². The number of nitrogens with two attached hydrogens (primary N) is 1. The first kappa shape index (κ1) is 19.0. The van der Waals surface area contributed by atoms with Crippen molar-refractivity contribution < 1.29 is 9.59 Å². The third-order valence-electron chi connectivity index (χ3n) is 5.45. The zero-order valence-electron chi connectivity index (χ0n) is 17.0. The summed E-state index contributed by atoms with van der Waals surface area (Å²) in [6, 6.07) is 17.1. The van der Waals surface area contributed by atoms with E-state index in [2.05, 4.69) is 23.7 Å². The number of amides is 1. The summed E-state index contributed by atoms with van der Waals surface area (Å²) in [5.41, 5.74) is 11.2. The number of anilines is 2. The van der Waals surface area contributed by atoms with Gasteiger partial charge in [0.15, 0.2) is 5.78 Å². The zero-order valence-corrected chi connectivity index (χ0v) is 17.0. The van der Waals surface area contributed by atoms with Gasteiger partial charge in [-0.05, 0) is 55.2 Å². The third-order valence-corrected chi connectivity index (χ3v) is 5.45. The molecule has 0 atom stereocenters. The molecule has 0 aliphatic heterocycles. The molecule has 0 bridgehead atoms. The highest BCUT2D eigenvalue weighted by molar-refractivity contribution is 5.99. The molecule has 1 aliphatic carbocycles. The number of carbonyl (C=O) groups excluding carboxylic acids is 2. The number of nitrogens with one attached hydrogen (secondary N) is 1. The highest BCUT2D eigenvalue weighted by Gasteiger charge is 2.34. The maximum Gasteiger partial charge on any atom is 0.248 e. The molecule has 148 valence electrons. The van der Waals surface area contributed by atoms with Crippen LogP contribution >= 0.6 is 0 Å². The largest absolute Gasteiger partial charge is 0.366 e.